The largest absolute Gasteiger partial charge is 0.362 e. The Balaban J connectivity index is 2.58. The molecule has 0 saturated carbocycles. The molecule has 0 amide bonds. The van der Waals surface area contributed by atoms with Crippen LogP contribution in [-0.2, 0) is 10.5 Å². The van der Waals surface area contributed by atoms with E-state index < -0.39 is 11.9 Å². The first-order valence-electron chi connectivity index (χ1n) is 4.04. The summed E-state index contributed by atoms with van der Waals surface area (Å²) >= 11 is 0. The van der Waals surface area contributed by atoms with Crippen LogP contribution in [0.4, 0.5) is 0 Å². The minimum absolute atomic E-state index is 0.647. The zero-order valence-corrected chi connectivity index (χ0v) is 7.19. The van der Waals surface area contributed by atoms with Crippen LogP contribution in [-0.4, -0.2) is 5.11 Å². The Kier molecular flexibility index (Phi) is 1.62. The number of ether oxygens (including phenoxy) is 1. The number of fused-ring (bicyclic) bond motifs is 1. The van der Waals surface area contributed by atoms with E-state index >= 15 is 0 Å². The van der Waals surface area contributed by atoms with E-state index in [1.165, 1.54) is 0 Å². The molecule has 0 bridgehead atoms. The van der Waals surface area contributed by atoms with Gasteiger partial charge in [0.25, 0.3) is 0 Å². The van der Waals surface area contributed by atoms with Gasteiger partial charge in [-0.3, -0.25) is 0 Å². The molecule has 1 heterocycles. The molecule has 0 saturated heterocycles. The van der Waals surface area contributed by atoms with Crippen LogP contribution in [0.2, 0.25) is 0 Å². The van der Waals surface area contributed by atoms with E-state index in [0.717, 1.165) is 5.56 Å². The number of rotatable bonds is 0. The van der Waals surface area contributed by atoms with E-state index in [2.05, 4.69) is 0 Å². The zero-order chi connectivity index (χ0) is 9.47. The fraction of sp³-hybridized carbons (Fsp3) is 0.300. The molecule has 66 valence electrons. The summed E-state index contributed by atoms with van der Waals surface area (Å²) < 4.78 is 5.16. The Morgan fingerprint density at radius 3 is 2.92 bits per heavy atom. The Hall–Kier alpha value is -1.37. The Morgan fingerprint density at radius 1 is 1.54 bits per heavy atom. The first-order chi connectivity index (χ1) is 6.15. The average Bonchev–Trinajstić information content (AvgIpc) is 2.39. The summed E-state index contributed by atoms with van der Waals surface area (Å²) in [7, 11) is 0. The maximum Gasteiger partial charge on any atom is 0.191 e. The fourth-order valence-electron chi connectivity index (χ4n) is 1.60. The lowest BCUT2D eigenvalue weighted by Gasteiger charge is -2.16. The number of nitriles is 1. The van der Waals surface area contributed by atoms with Gasteiger partial charge in [0.05, 0.1) is 6.07 Å². The SMILES string of the molecule is C[C@@]1(O)O[C@H](C#N)c2ccccc21. The summed E-state index contributed by atoms with van der Waals surface area (Å²) in [5, 5.41) is 18.5. The van der Waals surface area contributed by atoms with Crippen molar-refractivity contribution >= 4 is 0 Å². The van der Waals surface area contributed by atoms with Crippen LogP contribution in [0.3, 0.4) is 0 Å². The van der Waals surface area contributed by atoms with Crippen LogP contribution in [0, 0.1) is 11.3 Å². The van der Waals surface area contributed by atoms with Crippen molar-refractivity contribution in [1.82, 2.24) is 0 Å². The second-order valence-electron chi connectivity index (χ2n) is 3.20. The topological polar surface area (TPSA) is 53.2 Å². The highest BCUT2D eigenvalue weighted by Crippen LogP contribution is 2.40. The Labute approximate surface area is 76.2 Å². The first-order valence-corrected chi connectivity index (χ1v) is 4.04. The van der Waals surface area contributed by atoms with Crippen LogP contribution in [0.15, 0.2) is 24.3 Å². The van der Waals surface area contributed by atoms with Gasteiger partial charge < -0.3 is 9.84 Å². The Bertz CT molecular complexity index is 379. The van der Waals surface area contributed by atoms with Gasteiger partial charge in [0.2, 0.25) is 0 Å². The lowest BCUT2D eigenvalue weighted by molar-refractivity contribution is -0.198. The van der Waals surface area contributed by atoms with Gasteiger partial charge in [0.1, 0.15) is 0 Å². The summed E-state index contributed by atoms with van der Waals surface area (Å²) in [6.45, 7) is 1.54. The minimum atomic E-state index is -1.32. The van der Waals surface area contributed by atoms with Gasteiger partial charge in [0, 0.05) is 11.1 Å². The molecule has 0 unspecified atom stereocenters. The van der Waals surface area contributed by atoms with Crippen molar-refractivity contribution in [1.29, 1.82) is 5.26 Å². The third kappa shape index (κ3) is 1.12. The Morgan fingerprint density at radius 2 is 2.23 bits per heavy atom. The predicted octanol–water partition coefficient (Wildman–Crippen LogP) is 1.45. The lowest BCUT2D eigenvalue weighted by Crippen LogP contribution is -2.19. The van der Waals surface area contributed by atoms with E-state index in [-0.39, 0.29) is 0 Å². The van der Waals surface area contributed by atoms with Crippen molar-refractivity contribution in [2.24, 2.45) is 0 Å². The van der Waals surface area contributed by atoms with Crippen molar-refractivity contribution in [3.05, 3.63) is 35.4 Å². The van der Waals surface area contributed by atoms with E-state index in [9.17, 15) is 5.11 Å². The van der Waals surface area contributed by atoms with Crippen LogP contribution in [0.5, 0.6) is 0 Å². The monoisotopic (exact) mass is 175 g/mol. The summed E-state index contributed by atoms with van der Waals surface area (Å²) in [5.41, 5.74) is 1.44. The lowest BCUT2D eigenvalue weighted by atomic mass is 10.0. The van der Waals surface area contributed by atoms with Gasteiger partial charge in [-0.15, -0.1) is 0 Å². The standard InChI is InChI=1S/C10H9NO2/c1-10(12)8-5-3-2-4-7(8)9(6-11)13-10/h2-5,9,12H,1H3/t9-,10-/m1/s1. The molecule has 1 aliphatic heterocycles. The average molecular weight is 175 g/mol. The molecule has 2 atom stereocenters. The van der Waals surface area contributed by atoms with Crippen LogP contribution in [0.25, 0.3) is 0 Å². The maximum atomic E-state index is 9.77. The normalized spacial score (nSPS) is 31.0. The van der Waals surface area contributed by atoms with Crippen LogP contribution < -0.4 is 0 Å². The number of benzene rings is 1. The molecule has 13 heavy (non-hydrogen) atoms. The smallest absolute Gasteiger partial charge is 0.191 e. The highest BCUT2D eigenvalue weighted by molar-refractivity contribution is 5.38. The predicted molar refractivity (Wildman–Crippen MR) is 45.5 cm³/mol. The molecular formula is C10H9NO2. The first kappa shape index (κ1) is 8.24. The van der Waals surface area contributed by atoms with Crippen molar-refractivity contribution in [3.63, 3.8) is 0 Å². The quantitative estimate of drug-likeness (QED) is 0.649. The van der Waals surface area contributed by atoms with Crippen molar-refractivity contribution < 1.29 is 9.84 Å². The minimum Gasteiger partial charge on any atom is -0.362 e. The van der Waals surface area contributed by atoms with E-state index in [0.29, 0.717) is 5.56 Å². The molecule has 1 aliphatic rings. The molecule has 0 aromatic heterocycles. The number of hydrogen-bond acceptors (Lipinski definition) is 3. The van der Waals surface area contributed by atoms with Gasteiger partial charge in [-0.2, -0.15) is 5.26 Å². The summed E-state index contributed by atoms with van der Waals surface area (Å²) in [6.07, 6.45) is -0.647. The summed E-state index contributed by atoms with van der Waals surface area (Å²) in [4.78, 5) is 0. The third-order valence-electron chi connectivity index (χ3n) is 2.21. The highest BCUT2D eigenvalue weighted by Gasteiger charge is 2.39. The molecule has 1 N–H and O–H groups in total. The molecule has 3 nitrogen and oxygen atoms in total. The zero-order valence-electron chi connectivity index (χ0n) is 7.19. The van der Waals surface area contributed by atoms with Crippen LogP contribution in [0.1, 0.15) is 24.2 Å². The van der Waals surface area contributed by atoms with Crippen molar-refractivity contribution in [3.8, 4) is 6.07 Å². The van der Waals surface area contributed by atoms with Gasteiger partial charge in [-0.25, -0.2) is 0 Å². The number of nitrogens with zero attached hydrogens (tertiary/aromatic N) is 1. The molecule has 0 radical (unpaired) electrons. The van der Waals surface area contributed by atoms with E-state index in [1.807, 2.05) is 18.2 Å². The third-order valence-corrected chi connectivity index (χ3v) is 2.21. The molecule has 0 spiro atoms. The number of hydrogen-bond donors (Lipinski definition) is 1. The van der Waals surface area contributed by atoms with Gasteiger partial charge in [0.15, 0.2) is 11.9 Å². The second-order valence-corrected chi connectivity index (χ2v) is 3.20. The van der Waals surface area contributed by atoms with Crippen molar-refractivity contribution in [2.75, 3.05) is 0 Å². The van der Waals surface area contributed by atoms with Gasteiger partial charge >= 0.3 is 0 Å². The fourth-order valence-corrected chi connectivity index (χ4v) is 1.60. The van der Waals surface area contributed by atoms with Gasteiger partial charge in [-0.05, 0) is 6.92 Å². The molecule has 0 aliphatic carbocycles. The molecule has 0 fully saturated rings. The highest BCUT2D eigenvalue weighted by atomic mass is 16.6. The number of aliphatic hydroxyl groups is 1. The summed E-state index contributed by atoms with van der Waals surface area (Å²) in [6, 6.07) is 9.20. The van der Waals surface area contributed by atoms with Crippen molar-refractivity contribution in [2.45, 2.75) is 18.8 Å². The summed E-state index contributed by atoms with van der Waals surface area (Å²) in [5.74, 6) is -1.32. The molecule has 1 aromatic carbocycles. The molecule has 1 aromatic rings. The molecule has 2 rings (SSSR count). The van der Waals surface area contributed by atoms with Gasteiger partial charge in [-0.1, -0.05) is 24.3 Å². The van der Waals surface area contributed by atoms with Crippen LogP contribution >= 0.6 is 0 Å². The van der Waals surface area contributed by atoms with E-state index in [4.69, 9.17) is 10.00 Å². The molecule has 3 heteroatoms. The van der Waals surface area contributed by atoms with E-state index in [1.54, 1.807) is 19.1 Å². The maximum absolute atomic E-state index is 9.77. The molecular weight excluding hydrogens is 166 g/mol. The second kappa shape index (κ2) is 2.56.